The maximum atomic E-state index is 14.9. The Morgan fingerprint density at radius 3 is 2.16 bits per heavy atom. The quantitative estimate of drug-likeness (QED) is 0.375. The minimum atomic E-state index is -0.0432. The van der Waals surface area contributed by atoms with Crippen molar-refractivity contribution in [1.29, 1.82) is 0 Å². The van der Waals surface area contributed by atoms with Crippen LogP contribution in [0.4, 0.5) is 4.39 Å². The molecule has 0 N–H and O–H groups in total. The van der Waals surface area contributed by atoms with Gasteiger partial charge in [-0.25, -0.2) is 4.39 Å². The molecule has 31 heavy (non-hydrogen) atoms. The SMILES string of the molecule is C=CCCc1ccc2cc(C3CCC(C4CCC(CCC=C)CC4)CC3)ccc2c1F. The van der Waals surface area contributed by atoms with Gasteiger partial charge < -0.3 is 0 Å². The summed E-state index contributed by atoms with van der Waals surface area (Å²) < 4.78 is 14.9. The van der Waals surface area contributed by atoms with Crippen molar-refractivity contribution >= 4 is 10.8 Å². The normalized spacial score (nSPS) is 26.6. The number of fused-ring (bicyclic) bond motifs is 1. The number of allylic oxidation sites excluding steroid dienone is 2. The molecule has 2 saturated carbocycles. The number of halogens is 1. The molecule has 2 aromatic carbocycles. The highest BCUT2D eigenvalue weighted by molar-refractivity contribution is 5.84. The van der Waals surface area contributed by atoms with Gasteiger partial charge in [-0.3, -0.25) is 0 Å². The molecule has 166 valence electrons. The van der Waals surface area contributed by atoms with Crippen LogP contribution in [0.1, 0.15) is 87.7 Å². The Morgan fingerprint density at radius 1 is 0.806 bits per heavy atom. The van der Waals surface area contributed by atoms with Crippen LogP contribution in [-0.2, 0) is 6.42 Å². The van der Waals surface area contributed by atoms with E-state index in [1.807, 2.05) is 18.2 Å². The van der Waals surface area contributed by atoms with Crippen molar-refractivity contribution in [2.24, 2.45) is 17.8 Å². The van der Waals surface area contributed by atoms with Crippen molar-refractivity contribution in [2.75, 3.05) is 0 Å². The molecule has 0 saturated heterocycles. The maximum Gasteiger partial charge on any atom is 0.134 e. The average Bonchev–Trinajstić information content (AvgIpc) is 2.82. The van der Waals surface area contributed by atoms with Gasteiger partial charge in [0.2, 0.25) is 0 Å². The first-order chi connectivity index (χ1) is 15.2. The third-order valence-electron chi connectivity index (χ3n) is 8.26. The van der Waals surface area contributed by atoms with Gasteiger partial charge in [-0.1, -0.05) is 55.3 Å². The zero-order valence-corrected chi connectivity index (χ0v) is 19.1. The van der Waals surface area contributed by atoms with Crippen LogP contribution >= 0.6 is 0 Å². The first-order valence-corrected chi connectivity index (χ1v) is 12.6. The molecule has 0 aliphatic heterocycles. The molecule has 0 heterocycles. The summed E-state index contributed by atoms with van der Waals surface area (Å²) in [6.07, 6.45) is 19.1. The number of benzene rings is 2. The molecule has 0 aromatic heterocycles. The Morgan fingerprint density at radius 2 is 1.48 bits per heavy atom. The van der Waals surface area contributed by atoms with Crippen LogP contribution in [-0.4, -0.2) is 0 Å². The third kappa shape index (κ3) is 5.30. The third-order valence-corrected chi connectivity index (χ3v) is 8.26. The first-order valence-electron chi connectivity index (χ1n) is 12.6. The lowest BCUT2D eigenvalue weighted by Gasteiger charge is -2.38. The minimum Gasteiger partial charge on any atom is -0.206 e. The lowest BCUT2D eigenvalue weighted by atomic mass is 9.68. The van der Waals surface area contributed by atoms with Gasteiger partial charge in [0, 0.05) is 5.39 Å². The first kappa shape index (κ1) is 22.3. The molecule has 0 unspecified atom stereocenters. The number of rotatable bonds is 8. The van der Waals surface area contributed by atoms with Crippen LogP contribution in [0.2, 0.25) is 0 Å². The van der Waals surface area contributed by atoms with E-state index in [2.05, 4.69) is 37.4 Å². The molecule has 2 aromatic rings. The molecule has 0 atom stereocenters. The van der Waals surface area contributed by atoms with E-state index in [1.165, 1.54) is 69.8 Å². The molecule has 2 aliphatic rings. The lowest BCUT2D eigenvalue weighted by Crippen LogP contribution is -2.25. The number of hydrogen-bond donors (Lipinski definition) is 0. The molecule has 2 aliphatic carbocycles. The zero-order chi connectivity index (χ0) is 21.6. The van der Waals surface area contributed by atoms with Gasteiger partial charge in [0.25, 0.3) is 0 Å². The smallest absolute Gasteiger partial charge is 0.134 e. The second-order valence-electron chi connectivity index (χ2n) is 10.1. The molecular weight excluding hydrogens is 379 g/mol. The van der Waals surface area contributed by atoms with Crippen LogP contribution in [0.3, 0.4) is 0 Å². The summed E-state index contributed by atoms with van der Waals surface area (Å²) >= 11 is 0. The van der Waals surface area contributed by atoms with Crippen molar-refractivity contribution in [2.45, 2.75) is 83.0 Å². The summed E-state index contributed by atoms with van der Waals surface area (Å²) in [5.41, 5.74) is 2.22. The van der Waals surface area contributed by atoms with E-state index in [1.54, 1.807) is 0 Å². The highest BCUT2D eigenvalue weighted by Gasteiger charge is 2.31. The van der Waals surface area contributed by atoms with Crippen LogP contribution in [0.25, 0.3) is 10.8 Å². The van der Waals surface area contributed by atoms with Gasteiger partial charge in [0.05, 0.1) is 0 Å². The fourth-order valence-corrected chi connectivity index (χ4v) is 6.29. The molecule has 0 amide bonds. The zero-order valence-electron chi connectivity index (χ0n) is 19.1. The summed E-state index contributed by atoms with van der Waals surface area (Å²) in [4.78, 5) is 0. The summed E-state index contributed by atoms with van der Waals surface area (Å²) in [6, 6.07) is 10.5. The lowest BCUT2D eigenvalue weighted by molar-refractivity contribution is 0.157. The average molecular weight is 419 g/mol. The van der Waals surface area contributed by atoms with E-state index in [-0.39, 0.29) is 5.82 Å². The van der Waals surface area contributed by atoms with Gasteiger partial charge in [-0.05, 0) is 104 Å². The van der Waals surface area contributed by atoms with E-state index in [4.69, 9.17) is 0 Å². The molecule has 0 spiro atoms. The van der Waals surface area contributed by atoms with Crippen molar-refractivity contribution in [1.82, 2.24) is 0 Å². The van der Waals surface area contributed by atoms with Crippen LogP contribution in [0.15, 0.2) is 55.6 Å². The van der Waals surface area contributed by atoms with Crippen LogP contribution in [0, 0.1) is 23.6 Å². The fourth-order valence-electron chi connectivity index (χ4n) is 6.29. The Bertz CT molecular complexity index is 879. The van der Waals surface area contributed by atoms with E-state index >= 15 is 0 Å². The minimum absolute atomic E-state index is 0.0432. The van der Waals surface area contributed by atoms with Crippen LogP contribution in [0.5, 0.6) is 0 Å². The van der Waals surface area contributed by atoms with E-state index in [9.17, 15) is 4.39 Å². The molecule has 2 fully saturated rings. The Hall–Kier alpha value is -1.89. The van der Waals surface area contributed by atoms with Crippen molar-refractivity contribution in [3.63, 3.8) is 0 Å². The molecule has 0 bridgehead atoms. The predicted molar refractivity (Wildman–Crippen MR) is 132 cm³/mol. The maximum absolute atomic E-state index is 14.9. The fraction of sp³-hybridized carbons (Fsp3) is 0.533. The van der Waals surface area contributed by atoms with Gasteiger partial charge in [-0.15, -0.1) is 13.2 Å². The highest BCUT2D eigenvalue weighted by Crippen LogP contribution is 2.44. The monoisotopic (exact) mass is 418 g/mol. The molecular formula is C30H39F. The topological polar surface area (TPSA) is 0 Å². The van der Waals surface area contributed by atoms with Gasteiger partial charge in [-0.2, -0.15) is 0 Å². The summed E-state index contributed by atoms with van der Waals surface area (Å²) in [6.45, 7) is 7.63. The molecule has 0 radical (unpaired) electrons. The summed E-state index contributed by atoms with van der Waals surface area (Å²) in [7, 11) is 0. The van der Waals surface area contributed by atoms with Crippen molar-refractivity contribution in [3.8, 4) is 0 Å². The van der Waals surface area contributed by atoms with Gasteiger partial charge >= 0.3 is 0 Å². The van der Waals surface area contributed by atoms with E-state index in [0.29, 0.717) is 5.92 Å². The van der Waals surface area contributed by atoms with E-state index in [0.717, 1.165) is 46.9 Å². The summed E-state index contributed by atoms with van der Waals surface area (Å²) in [5, 5.41) is 1.82. The number of hydrogen-bond acceptors (Lipinski definition) is 0. The van der Waals surface area contributed by atoms with E-state index < -0.39 is 0 Å². The van der Waals surface area contributed by atoms with Gasteiger partial charge in [0.1, 0.15) is 5.82 Å². The molecule has 0 nitrogen and oxygen atoms in total. The standard InChI is InChI=1S/C30H39F/c1-3-5-7-22-9-11-23(12-10-22)24-13-15-25(16-14-24)27-19-20-29-28(21-27)18-17-26(30(29)31)8-6-4-2/h3-4,17-25H,1-2,5-16H2. The molecule has 1 heteroatoms. The Balaban J connectivity index is 1.34. The second-order valence-corrected chi connectivity index (χ2v) is 10.1. The van der Waals surface area contributed by atoms with Crippen LogP contribution < -0.4 is 0 Å². The Kier molecular flexibility index (Phi) is 7.64. The summed E-state index contributed by atoms with van der Waals surface area (Å²) in [5.74, 6) is 3.44. The van der Waals surface area contributed by atoms with Gasteiger partial charge in [0.15, 0.2) is 0 Å². The van der Waals surface area contributed by atoms with Crippen molar-refractivity contribution < 1.29 is 4.39 Å². The molecule has 4 rings (SSSR count). The Labute approximate surface area is 188 Å². The predicted octanol–water partition coefficient (Wildman–Crippen LogP) is 9.14. The largest absolute Gasteiger partial charge is 0.206 e. The highest BCUT2D eigenvalue weighted by atomic mass is 19.1. The van der Waals surface area contributed by atoms with Crippen molar-refractivity contribution in [3.05, 3.63) is 72.6 Å². The number of aryl methyl sites for hydroxylation is 1. The second kappa shape index (κ2) is 10.6.